The van der Waals surface area contributed by atoms with Gasteiger partial charge < -0.3 is 5.32 Å². The van der Waals surface area contributed by atoms with Crippen LogP contribution in [0.5, 0.6) is 0 Å². The van der Waals surface area contributed by atoms with E-state index in [1.807, 2.05) is 4.68 Å². The van der Waals surface area contributed by atoms with E-state index < -0.39 is 0 Å². The van der Waals surface area contributed by atoms with Crippen LogP contribution < -0.4 is 5.32 Å². The maximum absolute atomic E-state index is 13.9. The Morgan fingerprint density at radius 3 is 2.95 bits per heavy atom. The second-order valence-corrected chi connectivity index (χ2v) is 5.05. The Hall–Kier alpha value is -1.27. The number of aromatic nitrogens is 3. The Balaban J connectivity index is 2.48. The lowest BCUT2D eigenvalue weighted by molar-refractivity contribution is 0.505. The molecule has 6 heteroatoms. The summed E-state index contributed by atoms with van der Waals surface area (Å²) in [4.78, 5) is 4.15. The van der Waals surface area contributed by atoms with Gasteiger partial charge in [-0.2, -0.15) is 5.10 Å². The van der Waals surface area contributed by atoms with E-state index in [1.165, 1.54) is 6.07 Å². The fourth-order valence-electron chi connectivity index (χ4n) is 2.06. The van der Waals surface area contributed by atoms with Crippen LogP contribution in [0.2, 0.25) is 0 Å². The molecule has 0 aliphatic heterocycles. The molecule has 1 unspecified atom stereocenters. The van der Waals surface area contributed by atoms with Gasteiger partial charge in [-0.1, -0.05) is 6.92 Å². The van der Waals surface area contributed by atoms with Gasteiger partial charge in [0.05, 0.1) is 28.1 Å². The lowest BCUT2D eigenvalue weighted by Crippen LogP contribution is -2.24. The first-order valence-electron chi connectivity index (χ1n) is 6.17. The zero-order valence-electron chi connectivity index (χ0n) is 10.9. The first-order valence-corrected chi connectivity index (χ1v) is 6.97. The quantitative estimate of drug-likeness (QED) is 0.918. The first-order chi connectivity index (χ1) is 9.19. The van der Waals surface area contributed by atoms with Gasteiger partial charge in [0.25, 0.3) is 0 Å². The Morgan fingerprint density at radius 2 is 2.32 bits per heavy atom. The minimum absolute atomic E-state index is 0.321. The molecule has 19 heavy (non-hydrogen) atoms. The number of nitrogens with one attached hydrogen (secondary N) is 1. The third-order valence-corrected chi connectivity index (χ3v) is 3.50. The molecule has 1 atom stereocenters. The lowest BCUT2D eigenvalue weighted by Gasteiger charge is -2.18. The van der Waals surface area contributed by atoms with E-state index in [9.17, 15) is 4.39 Å². The summed E-state index contributed by atoms with van der Waals surface area (Å²) in [5.74, 6) is -0.321. The maximum atomic E-state index is 13.9. The minimum atomic E-state index is -0.329. The van der Waals surface area contributed by atoms with Crippen molar-refractivity contribution in [2.24, 2.45) is 0 Å². The highest BCUT2D eigenvalue weighted by Crippen LogP contribution is 2.28. The molecule has 0 fully saturated rings. The van der Waals surface area contributed by atoms with Crippen LogP contribution in [0.15, 0.2) is 29.0 Å². The summed E-state index contributed by atoms with van der Waals surface area (Å²) >= 11 is 3.48. The lowest BCUT2D eigenvalue weighted by atomic mass is 10.1. The molecule has 2 aromatic heterocycles. The van der Waals surface area contributed by atoms with Gasteiger partial charge in [-0.3, -0.25) is 9.67 Å². The maximum Gasteiger partial charge on any atom is 0.146 e. The summed E-state index contributed by atoms with van der Waals surface area (Å²) in [6.45, 7) is 2.86. The van der Waals surface area contributed by atoms with Gasteiger partial charge in [0, 0.05) is 12.7 Å². The van der Waals surface area contributed by atoms with Gasteiger partial charge in [0.15, 0.2) is 0 Å². The van der Waals surface area contributed by atoms with Crippen molar-refractivity contribution in [1.29, 1.82) is 0 Å². The van der Waals surface area contributed by atoms with Gasteiger partial charge in [-0.25, -0.2) is 4.39 Å². The van der Waals surface area contributed by atoms with Gasteiger partial charge in [0.1, 0.15) is 5.82 Å². The van der Waals surface area contributed by atoms with E-state index in [0.29, 0.717) is 5.69 Å². The average molecular weight is 327 g/mol. The zero-order valence-corrected chi connectivity index (χ0v) is 12.5. The molecule has 0 aliphatic rings. The zero-order chi connectivity index (χ0) is 13.8. The number of hydrogen-bond acceptors (Lipinski definition) is 3. The highest BCUT2D eigenvalue weighted by Gasteiger charge is 2.23. The van der Waals surface area contributed by atoms with Crippen molar-refractivity contribution in [2.75, 3.05) is 7.05 Å². The van der Waals surface area contributed by atoms with E-state index in [2.05, 4.69) is 38.3 Å². The summed E-state index contributed by atoms with van der Waals surface area (Å²) in [6.07, 6.45) is 4.29. The highest BCUT2D eigenvalue weighted by molar-refractivity contribution is 9.10. The first kappa shape index (κ1) is 14.1. The van der Waals surface area contributed by atoms with Crippen molar-refractivity contribution >= 4 is 15.9 Å². The Bertz CT molecular complexity index is 555. The standard InChI is InChI=1S/C13H16BrFN4/c1-3-7-19-13(9(14)8-18-19)12(16-2)11-10(15)5-4-6-17-11/h4-6,8,12,16H,3,7H2,1-2H3. The second kappa shape index (κ2) is 6.25. The summed E-state index contributed by atoms with van der Waals surface area (Å²) < 4.78 is 16.6. The van der Waals surface area contributed by atoms with Crippen molar-refractivity contribution in [3.63, 3.8) is 0 Å². The third kappa shape index (κ3) is 2.84. The topological polar surface area (TPSA) is 42.7 Å². The van der Waals surface area contributed by atoms with Crippen LogP contribution in [0.25, 0.3) is 0 Å². The number of halogens is 2. The van der Waals surface area contributed by atoms with Crippen LogP contribution in [0.4, 0.5) is 4.39 Å². The van der Waals surface area contributed by atoms with E-state index in [-0.39, 0.29) is 11.9 Å². The molecule has 102 valence electrons. The molecular weight excluding hydrogens is 311 g/mol. The molecule has 0 bridgehead atoms. The van der Waals surface area contributed by atoms with Crippen LogP contribution in [0.3, 0.4) is 0 Å². The highest BCUT2D eigenvalue weighted by atomic mass is 79.9. The Kier molecular flexibility index (Phi) is 4.66. The minimum Gasteiger partial charge on any atom is -0.307 e. The fraction of sp³-hybridized carbons (Fsp3) is 0.385. The van der Waals surface area contributed by atoms with E-state index in [0.717, 1.165) is 23.1 Å². The average Bonchev–Trinajstić information content (AvgIpc) is 2.75. The number of pyridine rings is 1. The second-order valence-electron chi connectivity index (χ2n) is 4.19. The van der Waals surface area contributed by atoms with Crippen molar-refractivity contribution in [1.82, 2.24) is 20.1 Å². The van der Waals surface area contributed by atoms with Gasteiger partial charge in [-0.15, -0.1) is 0 Å². The largest absolute Gasteiger partial charge is 0.307 e. The molecule has 2 heterocycles. The van der Waals surface area contributed by atoms with Crippen LogP contribution >= 0.6 is 15.9 Å². The van der Waals surface area contributed by atoms with Crippen molar-refractivity contribution in [2.45, 2.75) is 25.9 Å². The number of hydrogen-bond donors (Lipinski definition) is 1. The molecule has 0 saturated heterocycles. The van der Waals surface area contributed by atoms with Crippen LogP contribution in [-0.2, 0) is 6.54 Å². The van der Waals surface area contributed by atoms with Crippen molar-refractivity contribution in [3.05, 3.63) is 46.2 Å². The van der Waals surface area contributed by atoms with E-state index in [4.69, 9.17) is 0 Å². The third-order valence-electron chi connectivity index (χ3n) is 2.89. The smallest absolute Gasteiger partial charge is 0.146 e. The molecule has 0 aromatic carbocycles. The van der Waals surface area contributed by atoms with Crippen molar-refractivity contribution in [3.8, 4) is 0 Å². The van der Waals surface area contributed by atoms with Crippen LogP contribution in [0, 0.1) is 5.82 Å². The van der Waals surface area contributed by atoms with Crippen LogP contribution in [-0.4, -0.2) is 21.8 Å². The van der Waals surface area contributed by atoms with E-state index >= 15 is 0 Å². The molecule has 0 aliphatic carbocycles. The number of nitrogens with zero attached hydrogens (tertiary/aromatic N) is 3. The summed E-state index contributed by atoms with van der Waals surface area (Å²) in [5.41, 5.74) is 1.27. The number of rotatable bonds is 5. The summed E-state index contributed by atoms with van der Waals surface area (Å²) in [7, 11) is 1.79. The Labute approximate surface area is 120 Å². The predicted molar refractivity (Wildman–Crippen MR) is 75.3 cm³/mol. The van der Waals surface area contributed by atoms with E-state index in [1.54, 1.807) is 25.5 Å². The molecule has 2 aromatic rings. The van der Waals surface area contributed by atoms with Crippen LogP contribution in [0.1, 0.15) is 30.8 Å². The monoisotopic (exact) mass is 326 g/mol. The van der Waals surface area contributed by atoms with Gasteiger partial charge in [0.2, 0.25) is 0 Å². The fourth-order valence-corrected chi connectivity index (χ4v) is 2.59. The Morgan fingerprint density at radius 1 is 1.53 bits per heavy atom. The SMILES string of the molecule is CCCn1ncc(Br)c1C(NC)c1ncccc1F. The molecule has 0 saturated carbocycles. The van der Waals surface area contributed by atoms with Gasteiger partial charge >= 0.3 is 0 Å². The summed E-state index contributed by atoms with van der Waals surface area (Å²) in [6, 6.07) is 2.68. The molecule has 0 radical (unpaired) electrons. The normalized spacial score (nSPS) is 12.6. The summed E-state index contributed by atoms with van der Waals surface area (Å²) in [5, 5.41) is 7.42. The van der Waals surface area contributed by atoms with Crippen molar-refractivity contribution < 1.29 is 4.39 Å². The predicted octanol–water partition coefficient (Wildman–Crippen LogP) is 2.90. The van der Waals surface area contributed by atoms with Gasteiger partial charge in [-0.05, 0) is 41.5 Å². The number of aryl methyl sites for hydroxylation is 1. The molecule has 0 amide bonds. The molecule has 2 rings (SSSR count). The molecular formula is C13H16BrFN4. The molecule has 1 N–H and O–H groups in total. The molecule has 4 nitrogen and oxygen atoms in total. The molecule has 0 spiro atoms.